The summed E-state index contributed by atoms with van der Waals surface area (Å²) in [6.07, 6.45) is 11.4. The van der Waals surface area contributed by atoms with Crippen LogP contribution in [0.25, 0.3) is 0 Å². The highest BCUT2D eigenvalue weighted by Gasteiger charge is 2.27. The average Bonchev–Trinajstić information content (AvgIpc) is 2.60. The Morgan fingerprint density at radius 1 is 1.12 bits per heavy atom. The number of hydrogen-bond acceptors (Lipinski definition) is 1. The SMILES string of the molecule is Cc1ccc(OCC2=CCC(C3CCC(C)CC3)CC2)c(F)c1Cl. The van der Waals surface area contributed by atoms with E-state index in [0.717, 1.165) is 36.2 Å². The van der Waals surface area contributed by atoms with Crippen LogP contribution in [0.2, 0.25) is 5.02 Å². The maximum atomic E-state index is 14.1. The van der Waals surface area contributed by atoms with Crippen molar-refractivity contribution in [3.8, 4) is 5.75 Å². The van der Waals surface area contributed by atoms with Gasteiger partial charge >= 0.3 is 0 Å². The molecule has 24 heavy (non-hydrogen) atoms. The van der Waals surface area contributed by atoms with Gasteiger partial charge in [-0.2, -0.15) is 0 Å². The van der Waals surface area contributed by atoms with Crippen molar-refractivity contribution in [3.05, 3.63) is 40.2 Å². The second-order valence-electron chi connectivity index (χ2n) is 7.71. The van der Waals surface area contributed by atoms with E-state index in [4.69, 9.17) is 16.3 Å². The Bertz CT molecular complexity index is 602. The molecule has 0 N–H and O–H groups in total. The monoisotopic (exact) mass is 350 g/mol. The molecule has 1 unspecified atom stereocenters. The second-order valence-corrected chi connectivity index (χ2v) is 8.09. The first-order chi connectivity index (χ1) is 11.5. The number of allylic oxidation sites excluding steroid dienone is 1. The van der Waals surface area contributed by atoms with E-state index < -0.39 is 5.82 Å². The van der Waals surface area contributed by atoms with E-state index in [1.54, 1.807) is 19.1 Å². The predicted octanol–water partition coefficient (Wildman–Crippen LogP) is 6.72. The van der Waals surface area contributed by atoms with Crippen molar-refractivity contribution in [3.63, 3.8) is 0 Å². The van der Waals surface area contributed by atoms with E-state index >= 15 is 0 Å². The normalized spacial score (nSPS) is 27.7. The van der Waals surface area contributed by atoms with Crippen molar-refractivity contribution < 1.29 is 9.13 Å². The summed E-state index contributed by atoms with van der Waals surface area (Å²) in [5.74, 6) is 2.48. The Balaban J connectivity index is 1.52. The molecule has 1 atom stereocenters. The van der Waals surface area contributed by atoms with Crippen molar-refractivity contribution >= 4 is 11.6 Å². The van der Waals surface area contributed by atoms with Crippen LogP contribution < -0.4 is 4.74 Å². The summed E-state index contributed by atoms with van der Waals surface area (Å²) in [5.41, 5.74) is 2.04. The summed E-state index contributed by atoms with van der Waals surface area (Å²) in [4.78, 5) is 0. The average molecular weight is 351 g/mol. The van der Waals surface area contributed by atoms with E-state index in [2.05, 4.69) is 13.0 Å². The Morgan fingerprint density at radius 2 is 1.88 bits per heavy atom. The van der Waals surface area contributed by atoms with Crippen molar-refractivity contribution in [1.29, 1.82) is 0 Å². The molecule has 3 heteroatoms. The third-order valence-electron chi connectivity index (χ3n) is 5.93. The van der Waals surface area contributed by atoms with Crippen LogP contribution in [0, 0.1) is 30.5 Å². The molecule has 1 saturated carbocycles. The summed E-state index contributed by atoms with van der Waals surface area (Å²) in [6, 6.07) is 3.47. The Kier molecular flexibility index (Phi) is 5.86. The highest BCUT2D eigenvalue weighted by Crippen LogP contribution is 2.39. The van der Waals surface area contributed by atoms with Gasteiger partial charge in [-0.3, -0.25) is 0 Å². The standard InChI is InChI=1S/C21H28ClFO/c1-14-3-8-17(9-4-14)18-10-6-16(7-11-18)13-24-19-12-5-15(2)20(22)21(19)23/h5-6,12,14,17-18H,3-4,7-11,13H2,1-2H3. The van der Waals surface area contributed by atoms with E-state index in [9.17, 15) is 4.39 Å². The van der Waals surface area contributed by atoms with Crippen molar-refractivity contribution in [2.24, 2.45) is 17.8 Å². The Morgan fingerprint density at radius 3 is 2.54 bits per heavy atom. The van der Waals surface area contributed by atoms with Crippen LogP contribution in [0.4, 0.5) is 4.39 Å². The van der Waals surface area contributed by atoms with Gasteiger partial charge in [-0.1, -0.05) is 43.5 Å². The van der Waals surface area contributed by atoms with Gasteiger partial charge in [0.15, 0.2) is 11.6 Å². The molecule has 1 aromatic carbocycles. The first kappa shape index (κ1) is 17.8. The van der Waals surface area contributed by atoms with Gasteiger partial charge in [0.2, 0.25) is 0 Å². The van der Waals surface area contributed by atoms with E-state index in [-0.39, 0.29) is 10.8 Å². The fourth-order valence-electron chi connectivity index (χ4n) is 4.14. The smallest absolute Gasteiger partial charge is 0.183 e. The van der Waals surface area contributed by atoms with Crippen LogP contribution in [0.1, 0.15) is 57.4 Å². The number of ether oxygens (including phenoxy) is 1. The number of hydrogen-bond donors (Lipinski definition) is 0. The van der Waals surface area contributed by atoms with Crippen molar-refractivity contribution in [2.75, 3.05) is 6.61 Å². The van der Waals surface area contributed by atoms with Crippen LogP contribution in [-0.4, -0.2) is 6.61 Å². The molecular formula is C21H28ClFO. The van der Waals surface area contributed by atoms with Crippen LogP contribution in [-0.2, 0) is 0 Å². The molecule has 0 aromatic heterocycles. The third-order valence-corrected chi connectivity index (χ3v) is 6.39. The quantitative estimate of drug-likeness (QED) is 0.547. The van der Waals surface area contributed by atoms with Crippen molar-refractivity contribution in [2.45, 2.75) is 58.8 Å². The molecule has 1 aromatic rings. The number of benzene rings is 1. The molecule has 2 aliphatic rings. The van der Waals surface area contributed by atoms with Crippen LogP contribution >= 0.6 is 11.6 Å². The second kappa shape index (κ2) is 7.91. The zero-order valence-corrected chi connectivity index (χ0v) is 15.5. The lowest BCUT2D eigenvalue weighted by atomic mass is 9.72. The number of halogens is 2. The summed E-state index contributed by atoms with van der Waals surface area (Å²) in [6.45, 7) is 4.65. The zero-order chi connectivity index (χ0) is 17.1. The van der Waals surface area contributed by atoms with Crippen LogP contribution in [0.3, 0.4) is 0 Å². The summed E-state index contributed by atoms with van der Waals surface area (Å²) < 4.78 is 19.8. The molecule has 0 heterocycles. The van der Waals surface area contributed by atoms with Gasteiger partial charge in [0.25, 0.3) is 0 Å². The van der Waals surface area contributed by atoms with Crippen LogP contribution in [0.5, 0.6) is 5.75 Å². The summed E-state index contributed by atoms with van der Waals surface area (Å²) in [7, 11) is 0. The van der Waals surface area contributed by atoms with Crippen molar-refractivity contribution in [1.82, 2.24) is 0 Å². The summed E-state index contributed by atoms with van der Waals surface area (Å²) in [5, 5.41) is 0.164. The minimum Gasteiger partial charge on any atom is -0.486 e. The number of rotatable bonds is 4. The fourth-order valence-corrected chi connectivity index (χ4v) is 4.29. The molecule has 1 fully saturated rings. The molecule has 0 aliphatic heterocycles. The lowest BCUT2D eigenvalue weighted by Gasteiger charge is -2.34. The molecule has 132 valence electrons. The molecule has 2 aliphatic carbocycles. The first-order valence-electron chi connectivity index (χ1n) is 9.30. The zero-order valence-electron chi connectivity index (χ0n) is 14.8. The van der Waals surface area contributed by atoms with Gasteiger partial charge in [0, 0.05) is 0 Å². The lowest BCUT2D eigenvalue weighted by molar-refractivity contribution is 0.197. The highest BCUT2D eigenvalue weighted by molar-refractivity contribution is 6.31. The molecule has 1 nitrogen and oxygen atoms in total. The Hall–Kier alpha value is -1.02. The van der Waals surface area contributed by atoms with Crippen LogP contribution in [0.15, 0.2) is 23.8 Å². The van der Waals surface area contributed by atoms with Gasteiger partial charge < -0.3 is 4.74 Å². The first-order valence-corrected chi connectivity index (χ1v) is 9.67. The molecule has 0 spiro atoms. The Labute approximate surface area is 150 Å². The minimum atomic E-state index is -0.442. The lowest BCUT2D eigenvalue weighted by Crippen LogP contribution is -2.23. The van der Waals surface area contributed by atoms with E-state index in [0.29, 0.717) is 6.61 Å². The number of aryl methyl sites for hydroxylation is 1. The van der Waals surface area contributed by atoms with Gasteiger partial charge in [-0.05, 0) is 74.0 Å². The third kappa shape index (κ3) is 4.14. The topological polar surface area (TPSA) is 9.23 Å². The highest BCUT2D eigenvalue weighted by atomic mass is 35.5. The van der Waals surface area contributed by atoms with Gasteiger partial charge in [-0.15, -0.1) is 0 Å². The molecule has 3 rings (SSSR count). The van der Waals surface area contributed by atoms with Gasteiger partial charge in [0.1, 0.15) is 6.61 Å². The fraction of sp³-hybridized carbons (Fsp3) is 0.619. The molecule has 0 bridgehead atoms. The van der Waals surface area contributed by atoms with Gasteiger partial charge in [0.05, 0.1) is 5.02 Å². The van der Waals surface area contributed by atoms with Gasteiger partial charge in [-0.25, -0.2) is 4.39 Å². The molecular weight excluding hydrogens is 323 g/mol. The predicted molar refractivity (Wildman–Crippen MR) is 98.2 cm³/mol. The van der Waals surface area contributed by atoms with E-state index in [1.807, 2.05) is 0 Å². The molecule has 0 saturated heterocycles. The maximum Gasteiger partial charge on any atom is 0.183 e. The van der Waals surface area contributed by atoms with E-state index in [1.165, 1.54) is 37.7 Å². The molecule has 0 amide bonds. The summed E-state index contributed by atoms with van der Waals surface area (Å²) >= 11 is 5.95. The largest absolute Gasteiger partial charge is 0.486 e. The molecule has 0 radical (unpaired) electrons. The minimum absolute atomic E-state index is 0.164. The maximum absolute atomic E-state index is 14.1.